The monoisotopic (exact) mass is 474 g/mol. The van der Waals surface area contributed by atoms with Gasteiger partial charge in [-0.25, -0.2) is 0 Å². The molecule has 0 bridgehead atoms. The van der Waals surface area contributed by atoms with E-state index in [1.807, 2.05) is 48.5 Å². The first-order valence-corrected chi connectivity index (χ1v) is 9.49. The zero-order valence-corrected chi connectivity index (χ0v) is 16.5. The van der Waals surface area contributed by atoms with Crippen LogP contribution in [0.4, 0.5) is 0 Å². The Morgan fingerprint density at radius 1 is 0.615 bits per heavy atom. The molecule has 0 spiro atoms. The van der Waals surface area contributed by atoms with Crippen LogP contribution in [-0.2, 0) is 19.1 Å². The lowest BCUT2D eigenvalue weighted by atomic mass is 9.92. The maximum Gasteiger partial charge on any atom is 0.319 e. The van der Waals surface area contributed by atoms with Gasteiger partial charge in [-0.3, -0.25) is 9.59 Å². The van der Waals surface area contributed by atoms with Crippen molar-refractivity contribution in [3.63, 3.8) is 0 Å². The number of ether oxygens (including phenoxy) is 2. The molecule has 2 aromatic rings. The van der Waals surface area contributed by atoms with Gasteiger partial charge in [0.1, 0.15) is 11.5 Å². The molecule has 2 aliphatic heterocycles. The van der Waals surface area contributed by atoms with Gasteiger partial charge in [-0.2, -0.15) is 0 Å². The first-order chi connectivity index (χ1) is 12.5. The van der Waals surface area contributed by atoms with Gasteiger partial charge in [0.25, 0.3) is 0 Å². The van der Waals surface area contributed by atoms with Crippen molar-refractivity contribution in [2.75, 3.05) is 0 Å². The Bertz CT molecular complexity index is 863. The fourth-order valence-electron chi connectivity index (χ4n) is 2.92. The maximum atomic E-state index is 12.3. The van der Waals surface area contributed by atoms with Crippen molar-refractivity contribution in [3.8, 4) is 0 Å². The summed E-state index contributed by atoms with van der Waals surface area (Å²) in [6.07, 6.45) is 3.39. The van der Waals surface area contributed by atoms with Gasteiger partial charge in [-0.15, -0.1) is 0 Å². The van der Waals surface area contributed by atoms with E-state index in [1.54, 1.807) is 12.2 Å². The van der Waals surface area contributed by atoms with E-state index in [0.29, 0.717) is 11.5 Å². The molecule has 4 nitrogen and oxygen atoms in total. The third-order valence-corrected chi connectivity index (χ3v) is 5.33. The number of halogens is 2. The van der Waals surface area contributed by atoms with Crippen molar-refractivity contribution in [1.29, 1.82) is 0 Å². The SMILES string of the molecule is O=C1OC(c2ccc(Br)cc2)=CC1C1C=C(c2ccc(Br)cc2)OC1=O. The summed E-state index contributed by atoms with van der Waals surface area (Å²) in [5.74, 6) is -1.34. The van der Waals surface area contributed by atoms with Crippen LogP contribution >= 0.6 is 31.9 Å². The molecule has 0 aromatic heterocycles. The number of rotatable bonds is 3. The summed E-state index contributed by atoms with van der Waals surface area (Å²) in [5.41, 5.74) is 1.57. The fraction of sp³-hybridized carbons (Fsp3) is 0.100. The first kappa shape index (κ1) is 17.2. The topological polar surface area (TPSA) is 52.6 Å². The fourth-order valence-corrected chi connectivity index (χ4v) is 3.45. The third-order valence-electron chi connectivity index (χ3n) is 4.27. The highest BCUT2D eigenvalue weighted by molar-refractivity contribution is 9.10. The highest BCUT2D eigenvalue weighted by atomic mass is 79.9. The van der Waals surface area contributed by atoms with Gasteiger partial charge < -0.3 is 9.47 Å². The van der Waals surface area contributed by atoms with Crippen molar-refractivity contribution < 1.29 is 19.1 Å². The second-order valence-corrected chi connectivity index (χ2v) is 7.80. The van der Waals surface area contributed by atoms with Gasteiger partial charge in [0.2, 0.25) is 0 Å². The average molecular weight is 476 g/mol. The lowest BCUT2D eigenvalue weighted by molar-refractivity contribution is -0.146. The lowest BCUT2D eigenvalue weighted by Crippen LogP contribution is -2.23. The standard InChI is InChI=1S/C20H12Br2O4/c21-13-5-1-11(2-6-13)17-9-15(19(23)25-17)16-10-18(26-20(16)24)12-3-7-14(22)8-4-12/h1-10,15-16H. The largest absolute Gasteiger partial charge is 0.426 e. The highest BCUT2D eigenvalue weighted by Crippen LogP contribution is 2.37. The number of carbonyl (C=O) groups is 2. The van der Waals surface area contributed by atoms with Crippen LogP contribution in [0, 0.1) is 11.8 Å². The minimum atomic E-state index is -0.686. The van der Waals surface area contributed by atoms with Crippen molar-refractivity contribution in [2.24, 2.45) is 11.8 Å². The van der Waals surface area contributed by atoms with Crippen molar-refractivity contribution >= 4 is 55.3 Å². The molecule has 0 saturated heterocycles. The van der Waals surface area contributed by atoms with Crippen LogP contribution < -0.4 is 0 Å². The van der Waals surface area contributed by atoms with Crippen LogP contribution in [0.3, 0.4) is 0 Å². The summed E-state index contributed by atoms with van der Waals surface area (Å²) < 4.78 is 12.6. The Labute approximate surface area is 166 Å². The van der Waals surface area contributed by atoms with Crippen LogP contribution in [0.15, 0.2) is 69.6 Å². The zero-order valence-electron chi connectivity index (χ0n) is 13.3. The molecule has 0 amide bonds. The Hall–Kier alpha value is -2.18. The molecule has 2 unspecified atom stereocenters. The van der Waals surface area contributed by atoms with Gasteiger partial charge in [-0.05, 0) is 36.4 Å². The van der Waals surface area contributed by atoms with E-state index >= 15 is 0 Å². The summed E-state index contributed by atoms with van der Waals surface area (Å²) in [7, 11) is 0. The van der Waals surface area contributed by atoms with Gasteiger partial charge in [-0.1, -0.05) is 56.1 Å². The number of hydrogen-bond acceptors (Lipinski definition) is 4. The van der Waals surface area contributed by atoms with E-state index in [-0.39, 0.29) is 0 Å². The van der Waals surface area contributed by atoms with Crippen molar-refractivity contribution in [3.05, 3.63) is 80.8 Å². The number of carbonyl (C=O) groups excluding carboxylic acids is 2. The molecule has 0 radical (unpaired) electrons. The molecule has 0 N–H and O–H groups in total. The molecule has 26 heavy (non-hydrogen) atoms. The first-order valence-electron chi connectivity index (χ1n) is 7.90. The number of hydrogen-bond donors (Lipinski definition) is 0. The average Bonchev–Trinajstić information content (AvgIpc) is 3.19. The molecule has 2 aromatic carbocycles. The van der Waals surface area contributed by atoms with Crippen LogP contribution in [0.2, 0.25) is 0 Å². The highest BCUT2D eigenvalue weighted by Gasteiger charge is 2.42. The van der Waals surface area contributed by atoms with Crippen LogP contribution in [0.5, 0.6) is 0 Å². The van der Waals surface area contributed by atoms with E-state index in [0.717, 1.165) is 20.1 Å². The Balaban J connectivity index is 1.61. The van der Waals surface area contributed by atoms with Gasteiger partial charge >= 0.3 is 11.9 Å². The molecular formula is C20H12Br2O4. The predicted molar refractivity (Wildman–Crippen MR) is 103 cm³/mol. The second-order valence-electron chi connectivity index (χ2n) is 5.97. The predicted octanol–water partition coefficient (Wildman–Crippen LogP) is 4.94. The van der Waals surface area contributed by atoms with Crippen molar-refractivity contribution in [2.45, 2.75) is 0 Å². The molecule has 2 heterocycles. The number of benzene rings is 2. The van der Waals surface area contributed by atoms with Gasteiger partial charge in [0.05, 0.1) is 11.8 Å². The summed E-state index contributed by atoms with van der Waals surface area (Å²) in [4.78, 5) is 24.6. The number of esters is 2. The zero-order chi connectivity index (χ0) is 18.3. The molecule has 2 atom stereocenters. The van der Waals surface area contributed by atoms with Gasteiger partial charge in [0, 0.05) is 20.1 Å². The Morgan fingerprint density at radius 3 is 1.31 bits per heavy atom. The van der Waals surface area contributed by atoms with Crippen LogP contribution in [-0.4, -0.2) is 11.9 Å². The molecule has 4 rings (SSSR count). The molecule has 130 valence electrons. The van der Waals surface area contributed by atoms with E-state index in [4.69, 9.17) is 9.47 Å². The second kappa shape index (κ2) is 6.85. The maximum absolute atomic E-state index is 12.3. The third kappa shape index (κ3) is 3.27. The number of cyclic esters (lactones) is 2. The van der Waals surface area contributed by atoms with Crippen molar-refractivity contribution in [1.82, 2.24) is 0 Å². The minimum absolute atomic E-state index is 0.446. The Kier molecular flexibility index (Phi) is 4.54. The van der Waals surface area contributed by atoms with E-state index < -0.39 is 23.8 Å². The molecule has 0 aliphatic carbocycles. The van der Waals surface area contributed by atoms with Gasteiger partial charge in [0.15, 0.2) is 0 Å². The normalized spacial score (nSPS) is 21.9. The molecule has 2 aliphatic rings. The summed E-state index contributed by atoms with van der Waals surface area (Å²) in [6.45, 7) is 0. The van der Waals surface area contributed by atoms with E-state index in [2.05, 4.69) is 31.9 Å². The smallest absolute Gasteiger partial charge is 0.319 e. The lowest BCUT2D eigenvalue weighted by Gasteiger charge is -2.07. The molecule has 0 saturated carbocycles. The van der Waals surface area contributed by atoms with E-state index in [9.17, 15) is 9.59 Å². The summed E-state index contributed by atoms with van der Waals surface area (Å²) >= 11 is 6.75. The Morgan fingerprint density at radius 2 is 0.962 bits per heavy atom. The molecule has 6 heteroatoms. The summed E-state index contributed by atoms with van der Waals surface area (Å²) in [5, 5.41) is 0. The molecule has 0 fully saturated rings. The van der Waals surface area contributed by atoms with E-state index in [1.165, 1.54) is 0 Å². The van der Waals surface area contributed by atoms with Crippen LogP contribution in [0.25, 0.3) is 11.5 Å². The van der Waals surface area contributed by atoms with Crippen LogP contribution in [0.1, 0.15) is 11.1 Å². The quantitative estimate of drug-likeness (QED) is 0.590. The minimum Gasteiger partial charge on any atom is -0.426 e. The summed E-state index contributed by atoms with van der Waals surface area (Å²) in [6, 6.07) is 14.9. The molecular weight excluding hydrogens is 464 g/mol.